The molecule has 0 aliphatic heterocycles. The fourth-order valence-electron chi connectivity index (χ4n) is 2.67. The molecule has 0 unspecified atom stereocenters. The Balaban J connectivity index is 1.68. The predicted octanol–water partition coefficient (Wildman–Crippen LogP) is 2.86. The van der Waals surface area contributed by atoms with Crippen LogP contribution < -0.4 is 10.1 Å². The summed E-state index contributed by atoms with van der Waals surface area (Å²) in [5, 5.41) is 7.63. The van der Waals surface area contributed by atoms with Gasteiger partial charge in [-0.2, -0.15) is 4.98 Å². The number of thioether (sulfide) groups is 1. The molecule has 0 spiro atoms. The van der Waals surface area contributed by atoms with Crippen LogP contribution in [0, 0.1) is 20.8 Å². The average Bonchev–Trinajstić information content (AvgIpc) is 3.06. The highest BCUT2D eigenvalue weighted by atomic mass is 32.2. The molecule has 1 aromatic carbocycles. The summed E-state index contributed by atoms with van der Waals surface area (Å²) in [5.41, 5.74) is 3.96. The second-order valence-electron chi connectivity index (χ2n) is 6.30. The first-order valence-electron chi connectivity index (χ1n) is 8.67. The lowest BCUT2D eigenvalue weighted by Gasteiger charge is -2.12. The van der Waals surface area contributed by atoms with Crippen molar-refractivity contribution in [2.75, 3.05) is 7.11 Å². The van der Waals surface area contributed by atoms with Gasteiger partial charge in [0.15, 0.2) is 0 Å². The summed E-state index contributed by atoms with van der Waals surface area (Å²) in [6.07, 6.45) is 0. The smallest absolute Gasteiger partial charge is 0.253 e. The van der Waals surface area contributed by atoms with Crippen molar-refractivity contribution < 1.29 is 9.53 Å². The van der Waals surface area contributed by atoms with Gasteiger partial charge in [-0.1, -0.05) is 30.0 Å². The number of fused-ring (bicyclic) bond motifs is 1. The molecule has 0 saturated carbocycles. The molecule has 0 bridgehead atoms. The summed E-state index contributed by atoms with van der Waals surface area (Å²) >= 11 is 1.32. The Morgan fingerprint density at radius 3 is 2.74 bits per heavy atom. The lowest BCUT2D eigenvalue weighted by molar-refractivity contribution is -0.120. The standard InChI is InChI=1S/C19H23N5O2S/c1-11-12(2)21-18-22-19(23-24(18)13(11)3)27-14(4)17(25)20-10-15-8-6-7-9-16(15)26-5/h6-9,14H,10H2,1-5H3,(H,20,25)/t14-/m1/s1. The summed E-state index contributed by atoms with van der Waals surface area (Å²) in [4.78, 5) is 21.4. The topological polar surface area (TPSA) is 81.4 Å². The third-order valence-electron chi connectivity index (χ3n) is 4.54. The van der Waals surface area contributed by atoms with E-state index in [4.69, 9.17) is 4.74 Å². The van der Waals surface area contributed by atoms with Crippen molar-refractivity contribution in [1.82, 2.24) is 24.9 Å². The number of ether oxygens (including phenoxy) is 1. The van der Waals surface area contributed by atoms with E-state index < -0.39 is 0 Å². The molecular weight excluding hydrogens is 362 g/mol. The zero-order valence-electron chi connectivity index (χ0n) is 16.1. The van der Waals surface area contributed by atoms with E-state index in [0.717, 1.165) is 28.3 Å². The van der Waals surface area contributed by atoms with Crippen LogP contribution in [0.4, 0.5) is 0 Å². The maximum atomic E-state index is 12.5. The Labute approximate surface area is 162 Å². The van der Waals surface area contributed by atoms with E-state index in [9.17, 15) is 4.79 Å². The van der Waals surface area contributed by atoms with Crippen molar-refractivity contribution in [3.05, 3.63) is 46.8 Å². The van der Waals surface area contributed by atoms with E-state index in [1.165, 1.54) is 11.8 Å². The average molecular weight is 385 g/mol. The summed E-state index contributed by atoms with van der Waals surface area (Å²) in [7, 11) is 1.62. The molecule has 0 saturated heterocycles. The van der Waals surface area contributed by atoms with Gasteiger partial charge in [0, 0.05) is 23.5 Å². The zero-order chi connectivity index (χ0) is 19.6. The van der Waals surface area contributed by atoms with Gasteiger partial charge in [0.2, 0.25) is 11.1 Å². The minimum atomic E-state index is -0.334. The first-order chi connectivity index (χ1) is 12.9. The Hall–Kier alpha value is -2.61. The SMILES string of the molecule is COc1ccccc1CNC(=O)[C@@H](C)Sc1nc2nc(C)c(C)c(C)n2n1. The molecule has 0 fully saturated rings. The molecule has 2 heterocycles. The lowest BCUT2D eigenvalue weighted by atomic mass is 10.2. The molecule has 1 amide bonds. The first kappa shape index (κ1) is 19.2. The molecule has 142 valence electrons. The number of carbonyl (C=O) groups excluding carboxylic acids is 1. The van der Waals surface area contributed by atoms with Crippen molar-refractivity contribution >= 4 is 23.4 Å². The fourth-order valence-corrected chi connectivity index (χ4v) is 3.44. The number of carbonyl (C=O) groups is 1. The van der Waals surface area contributed by atoms with E-state index >= 15 is 0 Å². The molecule has 1 N–H and O–H groups in total. The summed E-state index contributed by atoms with van der Waals surface area (Å²) in [6.45, 7) is 8.21. The van der Waals surface area contributed by atoms with Crippen LogP contribution in [0.5, 0.6) is 5.75 Å². The summed E-state index contributed by atoms with van der Waals surface area (Å²) in [6, 6.07) is 7.62. The Morgan fingerprint density at radius 1 is 1.26 bits per heavy atom. The molecule has 1 atom stereocenters. The number of rotatable bonds is 6. The number of nitrogens with one attached hydrogen (secondary N) is 1. The third kappa shape index (κ3) is 4.05. The maximum Gasteiger partial charge on any atom is 0.253 e. The van der Waals surface area contributed by atoms with Crippen molar-refractivity contribution in [1.29, 1.82) is 0 Å². The summed E-state index contributed by atoms with van der Waals surface area (Å²) < 4.78 is 7.04. The maximum absolute atomic E-state index is 12.5. The van der Waals surface area contributed by atoms with Gasteiger partial charge in [-0.25, -0.2) is 9.50 Å². The fraction of sp³-hybridized carbons (Fsp3) is 0.368. The number of para-hydroxylation sites is 1. The third-order valence-corrected chi connectivity index (χ3v) is 5.49. The van der Waals surface area contributed by atoms with Gasteiger partial charge in [0.1, 0.15) is 5.75 Å². The molecule has 0 aliphatic carbocycles. The van der Waals surface area contributed by atoms with Gasteiger partial charge in [-0.3, -0.25) is 4.79 Å². The molecule has 0 aliphatic rings. The van der Waals surface area contributed by atoms with Crippen molar-refractivity contribution in [2.45, 2.75) is 44.6 Å². The van der Waals surface area contributed by atoms with Crippen LogP contribution in [0.3, 0.4) is 0 Å². The summed E-state index contributed by atoms with van der Waals surface area (Å²) in [5.74, 6) is 1.23. The highest BCUT2D eigenvalue weighted by Gasteiger charge is 2.19. The predicted molar refractivity (Wildman–Crippen MR) is 105 cm³/mol. The largest absolute Gasteiger partial charge is 0.496 e. The first-order valence-corrected chi connectivity index (χ1v) is 9.55. The normalized spacial score (nSPS) is 12.2. The number of amides is 1. The van der Waals surface area contributed by atoms with Crippen LogP contribution >= 0.6 is 11.8 Å². The molecule has 27 heavy (non-hydrogen) atoms. The number of methoxy groups -OCH3 is 1. The highest BCUT2D eigenvalue weighted by molar-refractivity contribution is 8.00. The number of nitrogens with zero attached hydrogens (tertiary/aromatic N) is 4. The van der Waals surface area contributed by atoms with Gasteiger partial charge in [-0.05, 0) is 39.3 Å². The number of hydrogen-bond acceptors (Lipinski definition) is 6. The van der Waals surface area contributed by atoms with Crippen LogP contribution in [-0.2, 0) is 11.3 Å². The van der Waals surface area contributed by atoms with Crippen LogP contribution in [0.2, 0.25) is 0 Å². The monoisotopic (exact) mass is 385 g/mol. The molecule has 3 rings (SSSR count). The van der Waals surface area contributed by atoms with E-state index in [1.807, 2.05) is 52.0 Å². The Bertz CT molecular complexity index is 986. The van der Waals surface area contributed by atoms with E-state index in [-0.39, 0.29) is 11.2 Å². The van der Waals surface area contributed by atoms with Crippen LogP contribution in [0.1, 0.15) is 29.4 Å². The highest BCUT2D eigenvalue weighted by Crippen LogP contribution is 2.22. The lowest BCUT2D eigenvalue weighted by Crippen LogP contribution is -2.30. The van der Waals surface area contributed by atoms with Crippen LogP contribution in [0.15, 0.2) is 29.4 Å². The number of benzene rings is 1. The number of aromatic nitrogens is 4. The van der Waals surface area contributed by atoms with Gasteiger partial charge >= 0.3 is 0 Å². The Morgan fingerprint density at radius 2 is 2.00 bits per heavy atom. The van der Waals surface area contributed by atoms with Gasteiger partial charge in [-0.15, -0.1) is 5.10 Å². The van der Waals surface area contributed by atoms with Gasteiger partial charge in [0.05, 0.1) is 12.4 Å². The van der Waals surface area contributed by atoms with Crippen LogP contribution in [0.25, 0.3) is 5.78 Å². The number of hydrogen-bond donors (Lipinski definition) is 1. The Kier molecular flexibility index (Phi) is 5.65. The molecular formula is C19H23N5O2S. The zero-order valence-corrected chi connectivity index (χ0v) is 16.9. The van der Waals surface area contributed by atoms with E-state index in [0.29, 0.717) is 17.5 Å². The molecule has 0 radical (unpaired) electrons. The quantitative estimate of drug-likeness (QED) is 0.657. The minimum absolute atomic E-state index is 0.0817. The van der Waals surface area contributed by atoms with E-state index in [1.54, 1.807) is 11.6 Å². The molecule has 2 aromatic heterocycles. The van der Waals surface area contributed by atoms with Gasteiger partial charge in [0.25, 0.3) is 5.78 Å². The van der Waals surface area contributed by atoms with E-state index in [2.05, 4.69) is 20.4 Å². The van der Waals surface area contributed by atoms with Crippen molar-refractivity contribution in [2.24, 2.45) is 0 Å². The van der Waals surface area contributed by atoms with Crippen molar-refractivity contribution in [3.63, 3.8) is 0 Å². The molecule has 8 heteroatoms. The number of aryl methyl sites for hydroxylation is 2. The van der Waals surface area contributed by atoms with Crippen molar-refractivity contribution in [3.8, 4) is 5.75 Å². The molecule has 7 nitrogen and oxygen atoms in total. The second kappa shape index (κ2) is 7.96. The minimum Gasteiger partial charge on any atom is -0.496 e. The second-order valence-corrected chi connectivity index (χ2v) is 7.61. The molecule has 3 aromatic rings. The van der Waals surface area contributed by atoms with Gasteiger partial charge < -0.3 is 10.1 Å². The van der Waals surface area contributed by atoms with Crippen LogP contribution in [-0.4, -0.2) is 37.8 Å².